The van der Waals surface area contributed by atoms with Crippen LogP contribution in [0.15, 0.2) is 23.2 Å². The highest BCUT2D eigenvalue weighted by Crippen LogP contribution is 2.39. The number of nitrogens with zero attached hydrogens (tertiary/aromatic N) is 2. The van der Waals surface area contributed by atoms with E-state index < -0.39 is 17.8 Å². The van der Waals surface area contributed by atoms with Crippen LogP contribution in [0.1, 0.15) is 12.5 Å². The van der Waals surface area contributed by atoms with Crippen molar-refractivity contribution in [1.29, 1.82) is 0 Å². The van der Waals surface area contributed by atoms with Crippen molar-refractivity contribution in [3.63, 3.8) is 0 Å². The highest BCUT2D eigenvalue weighted by molar-refractivity contribution is 8.14. The number of carbonyl (C=O) groups excluding carboxylic acids is 1. The Kier molecular flexibility index (Phi) is 5.40. The van der Waals surface area contributed by atoms with Crippen LogP contribution >= 0.6 is 11.8 Å². The van der Waals surface area contributed by atoms with Gasteiger partial charge in [-0.3, -0.25) is 5.32 Å². The van der Waals surface area contributed by atoms with Crippen LogP contribution in [0, 0.1) is 0 Å². The summed E-state index contributed by atoms with van der Waals surface area (Å²) < 4.78 is 44.4. The maximum Gasteiger partial charge on any atom is 0.418 e. The summed E-state index contributed by atoms with van der Waals surface area (Å²) >= 11 is 1.40. The van der Waals surface area contributed by atoms with Gasteiger partial charge in [0.15, 0.2) is 5.17 Å². The van der Waals surface area contributed by atoms with Crippen molar-refractivity contribution in [1.82, 2.24) is 4.90 Å². The zero-order valence-corrected chi connectivity index (χ0v) is 13.4. The molecule has 1 heterocycles. The maximum absolute atomic E-state index is 13.3. The van der Waals surface area contributed by atoms with Crippen LogP contribution in [0.4, 0.5) is 29.3 Å². The summed E-state index contributed by atoms with van der Waals surface area (Å²) in [6.45, 7) is 2.48. The van der Waals surface area contributed by atoms with Gasteiger partial charge in [0.1, 0.15) is 0 Å². The van der Waals surface area contributed by atoms with Gasteiger partial charge in [-0.25, -0.2) is 9.79 Å². The molecule has 1 aliphatic heterocycles. The molecule has 0 aliphatic carbocycles. The number of hydrogen-bond acceptors (Lipinski definition) is 4. The Morgan fingerprint density at radius 1 is 1.48 bits per heavy atom. The average molecular weight is 347 g/mol. The second-order valence-corrected chi connectivity index (χ2v) is 5.80. The average Bonchev–Trinajstić information content (AvgIpc) is 2.85. The molecule has 1 aromatic carbocycles. The van der Waals surface area contributed by atoms with E-state index in [9.17, 15) is 18.0 Å². The lowest BCUT2D eigenvalue weighted by molar-refractivity contribution is -0.137. The first-order valence-corrected chi connectivity index (χ1v) is 7.87. The summed E-state index contributed by atoms with van der Waals surface area (Å²) in [5.41, 5.74) is -1.07. The first kappa shape index (κ1) is 17.5. The number of carbonyl (C=O) groups is 1. The monoisotopic (exact) mass is 347 g/mol. The van der Waals surface area contributed by atoms with E-state index in [2.05, 4.69) is 15.0 Å². The van der Waals surface area contributed by atoms with Gasteiger partial charge in [-0.2, -0.15) is 13.2 Å². The predicted octanol–water partition coefficient (Wildman–Crippen LogP) is 3.94. The van der Waals surface area contributed by atoms with Gasteiger partial charge in [-0.1, -0.05) is 11.8 Å². The molecule has 2 rings (SSSR count). The standard InChI is InChI=1S/C14H16F3N3O2S/c1-3-22-13(21)18-9-4-5-11(10(8-9)14(15,16)17)19-12-20(2)6-7-23-12/h4-5,8H,3,6-7H2,1-2H3,(H,18,21). The van der Waals surface area contributed by atoms with Crippen LogP contribution in [0.25, 0.3) is 0 Å². The number of alkyl halides is 3. The molecule has 0 bridgehead atoms. The summed E-state index contributed by atoms with van der Waals surface area (Å²) in [7, 11) is 1.78. The topological polar surface area (TPSA) is 53.9 Å². The minimum atomic E-state index is -4.58. The van der Waals surface area contributed by atoms with E-state index >= 15 is 0 Å². The number of ether oxygens (including phenoxy) is 1. The van der Waals surface area contributed by atoms with Crippen molar-refractivity contribution in [2.24, 2.45) is 4.99 Å². The predicted molar refractivity (Wildman–Crippen MR) is 84.3 cm³/mol. The molecular formula is C14H16F3N3O2S. The van der Waals surface area contributed by atoms with Crippen LogP contribution in [-0.2, 0) is 10.9 Å². The van der Waals surface area contributed by atoms with E-state index in [4.69, 9.17) is 0 Å². The second kappa shape index (κ2) is 7.12. The van der Waals surface area contributed by atoms with Crippen LogP contribution in [0.2, 0.25) is 0 Å². The number of benzene rings is 1. The van der Waals surface area contributed by atoms with Crippen LogP contribution in [-0.4, -0.2) is 42.1 Å². The highest BCUT2D eigenvalue weighted by Gasteiger charge is 2.34. The summed E-state index contributed by atoms with van der Waals surface area (Å²) in [4.78, 5) is 17.2. The quantitative estimate of drug-likeness (QED) is 0.900. The molecule has 0 radical (unpaired) electrons. The normalized spacial score (nSPS) is 16.7. The van der Waals surface area contributed by atoms with Gasteiger partial charge in [0.2, 0.25) is 0 Å². The van der Waals surface area contributed by atoms with Gasteiger partial charge in [0.25, 0.3) is 0 Å². The molecule has 5 nitrogen and oxygen atoms in total. The minimum absolute atomic E-state index is 0.00662. The van der Waals surface area contributed by atoms with Crippen molar-refractivity contribution in [2.45, 2.75) is 13.1 Å². The van der Waals surface area contributed by atoms with Crippen molar-refractivity contribution in [3.05, 3.63) is 23.8 Å². The zero-order chi connectivity index (χ0) is 17.0. The number of anilines is 1. The number of amides is 1. The Bertz CT molecular complexity index is 620. The molecule has 1 saturated heterocycles. The molecule has 23 heavy (non-hydrogen) atoms. The number of hydrogen-bond donors (Lipinski definition) is 1. The molecule has 9 heteroatoms. The summed E-state index contributed by atoms with van der Waals surface area (Å²) in [5.74, 6) is 0.791. The molecular weight excluding hydrogens is 331 g/mol. The van der Waals surface area contributed by atoms with E-state index in [1.807, 2.05) is 0 Å². The lowest BCUT2D eigenvalue weighted by Gasteiger charge is -2.15. The van der Waals surface area contributed by atoms with Gasteiger partial charge in [0, 0.05) is 25.0 Å². The minimum Gasteiger partial charge on any atom is -0.450 e. The Labute approximate surface area is 135 Å². The third-order valence-corrected chi connectivity index (χ3v) is 4.07. The van der Waals surface area contributed by atoms with Crippen LogP contribution in [0.5, 0.6) is 0 Å². The van der Waals surface area contributed by atoms with Gasteiger partial charge in [0.05, 0.1) is 17.9 Å². The van der Waals surface area contributed by atoms with E-state index in [0.29, 0.717) is 5.17 Å². The molecule has 0 unspecified atom stereocenters. The Morgan fingerprint density at radius 3 is 2.78 bits per heavy atom. The fourth-order valence-electron chi connectivity index (χ4n) is 1.92. The molecule has 1 aromatic rings. The molecule has 0 spiro atoms. The fourth-order valence-corrected chi connectivity index (χ4v) is 2.95. The van der Waals surface area contributed by atoms with Crippen LogP contribution < -0.4 is 5.32 Å². The molecule has 0 saturated carbocycles. The lowest BCUT2D eigenvalue weighted by Crippen LogP contribution is -2.18. The first-order chi connectivity index (χ1) is 10.8. The van der Waals surface area contributed by atoms with Crippen molar-refractivity contribution >= 4 is 34.4 Å². The molecule has 1 amide bonds. The fraction of sp³-hybridized carbons (Fsp3) is 0.429. The SMILES string of the molecule is CCOC(=O)Nc1ccc(N=C2SCCN2C)c(C(F)(F)F)c1. The largest absolute Gasteiger partial charge is 0.450 e. The molecule has 0 atom stereocenters. The molecule has 126 valence electrons. The number of rotatable bonds is 3. The smallest absolute Gasteiger partial charge is 0.418 e. The summed E-state index contributed by atoms with van der Waals surface area (Å²) in [5, 5.41) is 2.80. The number of thioether (sulfide) groups is 1. The third-order valence-electron chi connectivity index (χ3n) is 3.02. The zero-order valence-electron chi connectivity index (χ0n) is 12.6. The number of halogens is 3. The molecule has 1 fully saturated rings. The lowest BCUT2D eigenvalue weighted by atomic mass is 10.1. The highest BCUT2D eigenvalue weighted by atomic mass is 32.2. The van der Waals surface area contributed by atoms with Gasteiger partial charge in [-0.05, 0) is 25.1 Å². The molecule has 1 N–H and O–H groups in total. The van der Waals surface area contributed by atoms with Crippen molar-refractivity contribution in [2.75, 3.05) is 31.3 Å². The number of amidine groups is 1. The van der Waals surface area contributed by atoms with Crippen molar-refractivity contribution in [3.8, 4) is 0 Å². The third kappa shape index (κ3) is 4.54. The van der Waals surface area contributed by atoms with Gasteiger partial charge in [-0.15, -0.1) is 0 Å². The summed E-state index contributed by atoms with van der Waals surface area (Å²) in [6, 6.07) is 3.46. The Balaban J connectivity index is 2.34. The molecule has 0 aromatic heterocycles. The Hall–Kier alpha value is -1.90. The van der Waals surface area contributed by atoms with E-state index in [1.54, 1.807) is 18.9 Å². The van der Waals surface area contributed by atoms with E-state index in [-0.39, 0.29) is 18.0 Å². The van der Waals surface area contributed by atoms with Gasteiger partial charge < -0.3 is 9.64 Å². The number of nitrogens with one attached hydrogen (secondary N) is 1. The Morgan fingerprint density at radius 2 is 2.22 bits per heavy atom. The van der Waals surface area contributed by atoms with E-state index in [0.717, 1.165) is 18.4 Å². The maximum atomic E-state index is 13.3. The second-order valence-electron chi connectivity index (χ2n) is 4.74. The first-order valence-electron chi connectivity index (χ1n) is 6.89. The van der Waals surface area contributed by atoms with Crippen molar-refractivity contribution < 1.29 is 22.7 Å². The van der Waals surface area contributed by atoms with E-state index in [1.165, 1.54) is 23.9 Å². The molecule has 1 aliphatic rings. The van der Waals surface area contributed by atoms with Crippen LogP contribution in [0.3, 0.4) is 0 Å². The summed E-state index contributed by atoms with van der Waals surface area (Å²) in [6.07, 6.45) is -5.38. The number of aliphatic imine (C=N–C) groups is 1. The van der Waals surface area contributed by atoms with Gasteiger partial charge >= 0.3 is 12.3 Å².